The first-order valence-corrected chi connectivity index (χ1v) is 8.80. The number of imide groups is 1. The molecule has 2 saturated heterocycles. The van der Waals surface area contributed by atoms with Crippen molar-refractivity contribution in [1.29, 1.82) is 0 Å². The molecule has 25 heavy (non-hydrogen) atoms. The fourth-order valence-electron chi connectivity index (χ4n) is 3.03. The molecule has 2 rings (SSSR count). The van der Waals surface area contributed by atoms with Crippen molar-refractivity contribution < 1.29 is 23.9 Å². The number of piperidine rings is 1. The van der Waals surface area contributed by atoms with Gasteiger partial charge in [-0.25, -0.2) is 4.79 Å². The van der Waals surface area contributed by atoms with E-state index in [1.54, 1.807) is 18.7 Å². The van der Waals surface area contributed by atoms with Crippen molar-refractivity contribution in [2.24, 2.45) is 5.92 Å². The Balaban J connectivity index is 1.88. The second-order valence-corrected chi connectivity index (χ2v) is 7.15. The molecule has 2 heterocycles. The van der Waals surface area contributed by atoms with Crippen LogP contribution in [0.1, 0.15) is 47.0 Å². The molecule has 0 bridgehead atoms. The minimum Gasteiger partial charge on any atom is -0.451 e. The molecule has 8 nitrogen and oxygen atoms in total. The van der Waals surface area contributed by atoms with E-state index in [2.05, 4.69) is 12.2 Å². The van der Waals surface area contributed by atoms with Crippen molar-refractivity contribution in [1.82, 2.24) is 15.1 Å². The number of urea groups is 1. The van der Waals surface area contributed by atoms with Crippen molar-refractivity contribution >= 4 is 23.8 Å². The molecule has 2 unspecified atom stereocenters. The number of esters is 1. The Kier molecular flexibility index (Phi) is 5.69. The van der Waals surface area contributed by atoms with Gasteiger partial charge in [0.2, 0.25) is 0 Å². The molecule has 2 aliphatic heterocycles. The summed E-state index contributed by atoms with van der Waals surface area (Å²) in [6.07, 6.45) is 1.36. The highest BCUT2D eigenvalue weighted by molar-refractivity contribution is 6.08. The van der Waals surface area contributed by atoms with Crippen LogP contribution in [0.25, 0.3) is 0 Å². The van der Waals surface area contributed by atoms with Crippen molar-refractivity contribution in [2.75, 3.05) is 19.6 Å². The second-order valence-electron chi connectivity index (χ2n) is 7.15. The highest BCUT2D eigenvalue weighted by Crippen LogP contribution is 2.21. The number of carbonyl (C=O) groups is 4. The number of carbonyl (C=O) groups excluding carboxylic acids is 4. The van der Waals surface area contributed by atoms with E-state index in [0.717, 1.165) is 17.7 Å². The van der Waals surface area contributed by atoms with E-state index in [1.807, 2.05) is 0 Å². The lowest BCUT2D eigenvalue weighted by molar-refractivity contribution is -0.161. The van der Waals surface area contributed by atoms with E-state index < -0.39 is 36.1 Å². The largest absolute Gasteiger partial charge is 0.451 e. The predicted molar refractivity (Wildman–Crippen MR) is 89.5 cm³/mol. The maximum absolute atomic E-state index is 12.3. The second kappa shape index (κ2) is 7.41. The van der Waals surface area contributed by atoms with Crippen LogP contribution >= 0.6 is 0 Å². The molecule has 0 aromatic heterocycles. The molecule has 0 aliphatic carbocycles. The molecule has 0 aromatic rings. The van der Waals surface area contributed by atoms with Gasteiger partial charge < -0.3 is 15.0 Å². The first-order chi connectivity index (χ1) is 11.7. The standard InChI is InChI=1S/C17H27N3O5/c1-5-17(4)15(23)20(16(24)18-17)10-13(21)25-12(3)14(22)19-8-6-11(2)7-9-19/h11-12H,5-10H2,1-4H3,(H,18,24). The van der Waals surface area contributed by atoms with Gasteiger partial charge in [0, 0.05) is 13.1 Å². The number of hydrogen-bond acceptors (Lipinski definition) is 5. The van der Waals surface area contributed by atoms with Crippen LogP contribution in [0.3, 0.4) is 0 Å². The van der Waals surface area contributed by atoms with Crippen LogP contribution in [0.4, 0.5) is 4.79 Å². The Bertz CT molecular complexity index is 571. The molecule has 0 radical (unpaired) electrons. The fraction of sp³-hybridized carbons (Fsp3) is 0.765. The molecule has 2 fully saturated rings. The van der Waals surface area contributed by atoms with Gasteiger partial charge in [-0.05, 0) is 39.0 Å². The zero-order valence-corrected chi connectivity index (χ0v) is 15.3. The zero-order valence-electron chi connectivity index (χ0n) is 15.3. The van der Waals surface area contributed by atoms with Crippen molar-refractivity contribution in [3.63, 3.8) is 0 Å². The molecule has 0 spiro atoms. The minimum atomic E-state index is -0.997. The Labute approximate surface area is 147 Å². The van der Waals surface area contributed by atoms with Gasteiger partial charge in [-0.1, -0.05) is 13.8 Å². The Hall–Kier alpha value is -2.12. The monoisotopic (exact) mass is 353 g/mol. The van der Waals surface area contributed by atoms with Gasteiger partial charge in [0.25, 0.3) is 11.8 Å². The predicted octanol–water partition coefficient (Wildman–Crippen LogP) is 0.897. The van der Waals surface area contributed by atoms with Crippen LogP contribution in [0.15, 0.2) is 0 Å². The van der Waals surface area contributed by atoms with Gasteiger partial charge >= 0.3 is 12.0 Å². The number of ether oxygens (including phenoxy) is 1. The average Bonchev–Trinajstić information content (AvgIpc) is 2.78. The van der Waals surface area contributed by atoms with Gasteiger partial charge in [0.15, 0.2) is 6.10 Å². The third-order valence-electron chi connectivity index (χ3n) is 5.09. The Morgan fingerprint density at radius 2 is 1.92 bits per heavy atom. The molecule has 2 atom stereocenters. The van der Waals surface area contributed by atoms with E-state index in [0.29, 0.717) is 25.4 Å². The highest BCUT2D eigenvalue weighted by atomic mass is 16.5. The molecular weight excluding hydrogens is 326 g/mol. The molecular formula is C17H27N3O5. The quantitative estimate of drug-likeness (QED) is 0.585. The summed E-state index contributed by atoms with van der Waals surface area (Å²) in [4.78, 5) is 51.1. The summed E-state index contributed by atoms with van der Waals surface area (Å²) in [7, 11) is 0. The van der Waals surface area contributed by atoms with Crippen LogP contribution in [-0.2, 0) is 19.1 Å². The van der Waals surface area contributed by atoms with Crippen LogP contribution in [0.2, 0.25) is 0 Å². The lowest BCUT2D eigenvalue weighted by Gasteiger charge is -2.32. The van der Waals surface area contributed by atoms with E-state index in [4.69, 9.17) is 4.74 Å². The van der Waals surface area contributed by atoms with E-state index in [9.17, 15) is 19.2 Å². The Morgan fingerprint density at radius 3 is 2.44 bits per heavy atom. The summed E-state index contributed by atoms with van der Waals surface area (Å²) >= 11 is 0. The summed E-state index contributed by atoms with van der Waals surface area (Å²) in [6, 6.07) is -0.615. The molecule has 140 valence electrons. The summed E-state index contributed by atoms with van der Waals surface area (Å²) < 4.78 is 5.15. The number of likely N-dealkylation sites (tertiary alicyclic amines) is 1. The summed E-state index contributed by atoms with van der Waals surface area (Å²) in [5.74, 6) is -0.874. The first-order valence-electron chi connectivity index (χ1n) is 8.80. The van der Waals surface area contributed by atoms with E-state index in [1.165, 1.54) is 6.92 Å². The third-order valence-corrected chi connectivity index (χ3v) is 5.09. The fourth-order valence-corrected chi connectivity index (χ4v) is 3.03. The van der Waals surface area contributed by atoms with Gasteiger partial charge in [0.1, 0.15) is 12.1 Å². The molecule has 4 amide bonds. The van der Waals surface area contributed by atoms with Gasteiger partial charge in [-0.3, -0.25) is 19.3 Å². The normalized spacial score (nSPS) is 25.8. The van der Waals surface area contributed by atoms with Crippen molar-refractivity contribution in [2.45, 2.75) is 58.6 Å². The van der Waals surface area contributed by atoms with E-state index in [-0.39, 0.29) is 5.91 Å². The van der Waals surface area contributed by atoms with Crippen molar-refractivity contribution in [3.8, 4) is 0 Å². The van der Waals surface area contributed by atoms with Crippen molar-refractivity contribution in [3.05, 3.63) is 0 Å². The van der Waals surface area contributed by atoms with Crippen LogP contribution in [-0.4, -0.2) is 64.9 Å². The smallest absolute Gasteiger partial charge is 0.327 e. The maximum atomic E-state index is 12.3. The zero-order chi connectivity index (χ0) is 18.8. The third kappa shape index (κ3) is 4.11. The number of nitrogens with zero attached hydrogens (tertiary/aromatic N) is 2. The molecule has 1 N–H and O–H groups in total. The lowest BCUT2D eigenvalue weighted by atomic mass is 9.99. The van der Waals surface area contributed by atoms with E-state index >= 15 is 0 Å². The molecule has 2 aliphatic rings. The molecule has 0 aromatic carbocycles. The summed E-state index contributed by atoms with van der Waals surface area (Å²) in [5, 5.41) is 2.57. The first kappa shape index (κ1) is 19.2. The van der Waals surface area contributed by atoms with Crippen LogP contribution in [0.5, 0.6) is 0 Å². The lowest BCUT2D eigenvalue weighted by Crippen LogP contribution is -2.46. The van der Waals surface area contributed by atoms with Crippen LogP contribution in [0, 0.1) is 5.92 Å². The number of amides is 4. The number of nitrogens with one attached hydrogen (secondary N) is 1. The number of hydrogen-bond donors (Lipinski definition) is 1. The molecule has 0 saturated carbocycles. The minimum absolute atomic E-state index is 0.240. The van der Waals surface area contributed by atoms with Gasteiger partial charge in [0.05, 0.1) is 0 Å². The topological polar surface area (TPSA) is 96.0 Å². The summed E-state index contributed by atoms with van der Waals surface area (Å²) in [5.41, 5.74) is -0.997. The molecule has 8 heteroatoms. The maximum Gasteiger partial charge on any atom is 0.327 e. The summed E-state index contributed by atoms with van der Waals surface area (Å²) in [6.45, 7) is 7.87. The Morgan fingerprint density at radius 1 is 1.32 bits per heavy atom. The highest BCUT2D eigenvalue weighted by Gasteiger charge is 2.47. The average molecular weight is 353 g/mol. The van der Waals surface area contributed by atoms with Gasteiger partial charge in [-0.2, -0.15) is 0 Å². The van der Waals surface area contributed by atoms with Gasteiger partial charge in [-0.15, -0.1) is 0 Å². The SMILES string of the molecule is CCC1(C)NC(=O)N(CC(=O)OC(C)C(=O)N2CCC(C)CC2)C1=O. The van der Waals surface area contributed by atoms with Crippen LogP contribution < -0.4 is 5.32 Å². The number of rotatable bonds is 5.